The molecule has 0 aromatic heterocycles. The van der Waals surface area contributed by atoms with Crippen LogP contribution in [-0.4, -0.2) is 12.6 Å². The zero-order valence-electron chi connectivity index (χ0n) is 10.6. The molecule has 0 aliphatic heterocycles. The molecule has 0 radical (unpaired) electrons. The maximum atomic E-state index is 3.78. The Kier molecular flexibility index (Phi) is 3.51. The van der Waals surface area contributed by atoms with Gasteiger partial charge >= 0.3 is 0 Å². The molecular weight excluding hydrogens is 194 g/mol. The fourth-order valence-corrected chi connectivity index (χ4v) is 4.10. The Morgan fingerprint density at radius 2 is 1.44 bits per heavy atom. The quantitative estimate of drug-likeness (QED) is 0.762. The summed E-state index contributed by atoms with van der Waals surface area (Å²) in [6, 6.07) is 0.908. The van der Waals surface area contributed by atoms with Gasteiger partial charge in [-0.1, -0.05) is 38.5 Å². The summed E-state index contributed by atoms with van der Waals surface area (Å²) in [7, 11) is 0. The van der Waals surface area contributed by atoms with Gasteiger partial charge in [0, 0.05) is 6.04 Å². The van der Waals surface area contributed by atoms with Crippen LogP contribution in [0, 0.1) is 17.8 Å². The Hall–Kier alpha value is -0.0400. The fraction of sp³-hybridized carbons (Fsp3) is 1.00. The SMILES string of the molecule is C1CCC(C2CCCCC2CNC2CC2)C1. The first kappa shape index (κ1) is 11.1. The lowest BCUT2D eigenvalue weighted by Gasteiger charge is -2.36. The van der Waals surface area contributed by atoms with Gasteiger partial charge in [0.05, 0.1) is 0 Å². The summed E-state index contributed by atoms with van der Waals surface area (Å²) in [5, 5.41) is 3.78. The summed E-state index contributed by atoms with van der Waals surface area (Å²) in [5.41, 5.74) is 0. The first-order chi connectivity index (χ1) is 7.93. The molecule has 1 heteroatoms. The Balaban J connectivity index is 1.53. The zero-order valence-corrected chi connectivity index (χ0v) is 10.6. The summed E-state index contributed by atoms with van der Waals surface area (Å²) in [4.78, 5) is 0. The van der Waals surface area contributed by atoms with Crippen molar-refractivity contribution in [3.8, 4) is 0 Å². The topological polar surface area (TPSA) is 12.0 Å². The molecule has 0 aromatic rings. The van der Waals surface area contributed by atoms with Crippen molar-refractivity contribution in [3.05, 3.63) is 0 Å². The molecule has 2 atom stereocenters. The van der Waals surface area contributed by atoms with E-state index in [1.54, 1.807) is 19.3 Å². The number of hydrogen-bond acceptors (Lipinski definition) is 1. The van der Waals surface area contributed by atoms with Gasteiger partial charge in [0.1, 0.15) is 0 Å². The molecule has 1 nitrogen and oxygen atoms in total. The van der Waals surface area contributed by atoms with Crippen LogP contribution in [0.1, 0.15) is 64.2 Å². The summed E-state index contributed by atoms with van der Waals surface area (Å²) in [6.45, 7) is 1.34. The Morgan fingerprint density at radius 3 is 2.19 bits per heavy atom. The van der Waals surface area contributed by atoms with E-state index in [4.69, 9.17) is 0 Å². The average Bonchev–Trinajstić information content (AvgIpc) is 3.00. The number of rotatable bonds is 4. The van der Waals surface area contributed by atoms with Gasteiger partial charge < -0.3 is 5.32 Å². The highest BCUT2D eigenvalue weighted by Crippen LogP contribution is 2.42. The minimum absolute atomic E-state index is 0.908. The molecule has 3 fully saturated rings. The van der Waals surface area contributed by atoms with Crippen molar-refractivity contribution in [2.75, 3.05) is 6.54 Å². The molecule has 3 aliphatic carbocycles. The van der Waals surface area contributed by atoms with E-state index in [0.717, 1.165) is 23.8 Å². The van der Waals surface area contributed by atoms with Crippen LogP contribution in [0.3, 0.4) is 0 Å². The van der Waals surface area contributed by atoms with E-state index in [-0.39, 0.29) is 0 Å². The predicted molar refractivity (Wildman–Crippen MR) is 68.4 cm³/mol. The van der Waals surface area contributed by atoms with E-state index in [1.165, 1.54) is 51.5 Å². The zero-order chi connectivity index (χ0) is 10.8. The summed E-state index contributed by atoms with van der Waals surface area (Å²) >= 11 is 0. The fourth-order valence-electron chi connectivity index (χ4n) is 4.10. The van der Waals surface area contributed by atoms with Crippen molar-refractivity contribution in [2.45, 2.75) is 70.3 Å². The molecule has 92 valence electrons. The first-order valence-electron chi connectivity index (χ1n) is 7.67. The van der Waals surface area contributed by atoms with E-state index < -0.39 is 0 Å². The van der Waals surface area contributed by atoms with Gasteiger partial charge in [0.25, 0.3) is 0 Å². The lowest BCUT2D eigenvalue weighted by Crippen LogP contribution is -2.34. The van der Waals surface area contributed by atoms with Crippen molar-refractivity contribution in [2.24, 2.45) is 17.8 Å². The van der Waals surface area contributed by atoms with E-state index in [1.807, 2.05) is 0 Å². The maximum absolute atomic E-state index is 3.78. The Morgan fingerprint density at radius 1 is 0.750 bits per heavy atom. The lowest BCUT2D eigenvalue weighted by atomic mass is 9.72. The molecule has 0 saturated heterocycles. The van der Waals surface area contributed by atoms with Gasteiger partial charge in [-0.25, -0.2) is 0 Å². The second-order valence-corrected chi connectivity index (χ2v) is 6.44. The molecule has 3 saturated carbocycles. The van der Waals surface area contributed by atoms with E-state index >= 15 is 0 Å². The molecule has 1 N–H and O–H groups in total. The van der Waals surface area contributed by atoms with Crippen molar-refractivity contribution in [1.82, 2.24) is 5.32 Å². The highest BCUT2D eigenvalue weighted by atomic mass is 14.9. The van der Waals surface area contributed by atoms with Crippen molar-refractivity contribution in [1.29, 1.82) is 0 Å². The minimum atomic E-state index is 0.908. The van der Waals surface area contributed by atoms with Crippen LogP contribution >= 0.6 is 0 Å². The van der Waals surface area contributed by atoms with Gasteiger partial charge in [-0.05, 0) is 50.0 Å². The Labute approximate surface area is 100 Å². The number of nitrogens with one attached hydrogen (secondary N) is 1. The molecule has 0 heterocycles. The highest BCUT2D eigenvalue weighted by Gasteiger charge is 2.33. The van der Waals surface area contributed by atoms with E-state index in [2.05, 4.69) is 5.32 Å². The van der Waals surface area contributed by atoms with Gasteiger partial charge in [-0.2, -0.15) is 0 Å². The van der Waals surface area contributed by atoms with Crippen LogP contribution in [0.2, 0.25) is 0 Å². The molecule has 3 rings (SSSR count). The normalized spacial score (nSPS) is 36.8. The summed E-state index contributed by atoms with van der Waals surface area (Å²) in [6.07, 6.45) is 15.1. The van der Waals surface area contributed by atoms with Crippen molar-refractivity contribution < 1.29 is 0 Å². The third kappa shape index (κ3) is 2.61. The average molecular weight is 221 g/mol. The lowest BCUT2D eigenvalue weighted by molar-refractivity contribution is 0.159. The first-order valence-corrected chi connectivity index (χ1v) is 7.67. The molecule has 2 unspecified atom stereocenters. The van der Waals surface area contributed by atoms with Crippen molar-refractivity contribution in [3.63, 3.8) is 0 Å². The Bertz CT molecular complexity index is 215. The van der Waals surface area contributed by atoms with Gasteiger partial charge in [0.15, 0.2) is 0 Å². The van der Waals surface area contributed by atoms with Crippen LogP contribution in [0.4, 0.5) is 0 Å². The molecule has 3 aliphatic rings. The van der Waals surface area contributed by atoms with Crippen LogP contribution < -0.4 is 5.32 Å². The largest absolute Gasteiger partial charge is 0.314 e. The molecular formula is C15H27N. The standard InChI is InChI=1S/C15H27N/c1-2-6-12(5-1)15-8-4-3-7-13(15)11-16-14-9-10-14/h12-16H,1-11H2. The van der Waals surface area contributed by atoms with Crippen molar-refractivity contribution >= 4 is 0 Å². The van der Waals surface area contributed by atoms with Crippen LogP contribution in [0.25, 0.3) is 0 Å². The summed E-state index contributed by atoms with van der Waals surface area (Å²) in [5.74, 6) is 3.21. The maximum Gasteiger partial charge on any atom is 0.00683 e. The summed E-state index contributed by atoms with van der Waals surface area (Å²) < 4.78 is 0. The number of hydrogen-bond donors (Lipinski definition) is 1. The minimum Gasteiger partial charge on any atom is -0.314 e. The second-order valence-electron chi connectivity index (χ2n) is 6.44. The third-order valence-corrected chi connectivity index (χ3v) is 5.22. The highest BCUT2D eigenvalue weighted by molar-refractivity contribution is 4.87. The molecule has 0 aromatic carbocycles. The smallest absolute Gasteiger partial charge is 0.00683 e. The van der Waals surface area contributed by atoms with Crippen LogP contribution in [0.5, 0.6) is 0 Å². The molecule has 0 spiro atoms. The molecule has 0 amide bonds. The molecule has 16 heavy (non-hydrogen) atoms. The monoisotopic (exact) mass is 221 g/mol. The molecule has 0 bridgehead atoms. The van der Waals surface area contributed by atoms with E-state index in [0.29, 0.717) is 0 Å². The third-order valence-electron chi connectivity index (χ3n) is 5.22. The van der Waals surface area contributed by atoms with E-state index in [9.17, 15) is 0 Å². The second kappa shape index (κ2) is 5.08. The van der Waals surface area contributed by atoms with Gasteiger partial charge in [0.2, 0.25) is 0 Å². The van der Waals surface area contributed by atoms with Gasteiger partial charge in [-0.3, -0.25) is 0 Å². The van der Waals surface area contributed by atoms with Crippen LogP contribution in [-0.2, 0) is 0 Å². The predicted octanol–water partition coefficient (Wildman–Crippen LogP) is 3.74. The van der Waals surface area contributed by atoms with Gasteiger partial charge in [-0.15, -0.1) is 0 Å². The van der Waals surface area contributed by atoms with Crippen LogP contribution in [0.15, 0.2) is 0 Å².